The maximum absolute atomic E-state index is 12.6. The number of alkyl halides is 3. The van der Waals surface area contributed by atoms with E-state index in [0.29, 0.717) is 12.3 Å². The van der Waals surface area contributed by atoms with Gasteiger partial charge in [-0.25, -0.2) is 9.79 Å². The van der Waals surface area contributed by atoms with Gasteiger partial charge in [-0.15, -0.1) is 0 Å². The number of hydroxylamine groups is 1. The fourth-order valence-electron chi connectivity index (χ4n) is 1.34. The highest BCUT2D eigenvalue weighted by molar-refractivity contribution is 6.32. The van der Waals surface area contributed by atoms with Crippen molar-refractivity contribution in [2.24, 2.45) is 4.99 Å². The maximum atomic E-state index is 12.6. The van der Waals surface area contributed by atoms with E-state index in [2.05, 4.69) is 20.3 Å². The number of nitrogens with zero attached hydrogens (tertiary/aromatic N) is 2. The van der Waals surface area contributed by atoms with Crippen LogP contribution in [-0.2, 0) is 20.5 Å². The van der Waals surface area contributed by atoms with Crippen LogP contribution in [0.3, 0.4) is 0 Å². The minimum absolute atomic E-state index is 0.0581. The number of hydrogen-bond acceptors (Lipinski definition) is 5. The van der Waals surface area contributed by atoms with E-state index in [1.807, 2.05) is 0 Å². The minimum atomic E-state index is -4.57. The monoisotopic (exact) mass is 351 g/mol. The summed E-state index contributed by atoms with van der Waals surface area (Å²) in [7, 11) is 1.33. The lowest BCUT2D eigenvalue weighted by Crippen LogP contribution is -2.11. The molecule has 126 valence electrons. The van der Waals surface area contributed by atoms with Gasteiger partial charge in [-0.1, -0.05) is 11.6 Å². The third-order valence-corrected chi connectivity index (χ3v) is 2.63. The summed E-state index contributed by atoms with van der Waals surface area (Å²) in [6.07, 6.45) is -1.80. The smallest absolute Gasteiger partial charge is 0.417 e. The molecule has 1 aromatic rings. The van der Waals surface area contributed by atoms with Crippen LogP contribution in [0, 0.1) is 0 Å². The molecule has 0 fully saturated rings. The highest BCUT2D eigenvalue weighted by atomic mass is 35.5. The lowest BCUT2D eigenvalue weighted by molar-refractivity contribution is -0.139. The van der Waals surface area contributed by atoms with Crippen LogP contribution in [0.5, 0.6) is 0 Å². The average Bonchev–Trinajstić information content (AvgIpc) is 2.47. The molecule has 0 aliphatic heterocycles. The van der Waals surface area contributed by atoms with Crippen molar-refractivity contribution in [2.45, 2.75) is 13.1 Å². The molecule has 10 heteroatoms. The molecular weight excluding hydrogens is 339 g/mol. The van der Waals surface area contributed by atoms with Gasteiger partial charge in [0.1, 0.15) is 6.34 Å². The maximum Gasteiger partial charge on any atom is 0.417 e. The molecular formula is C13H13ClF3N3O3. The predicted molar refractivity (Wildman–Crippen MR) is 77.5 cm³/mol. The molecule has 0 radical (unpaired) electrons. The Hall–Kier alpha value is -2.13. The Kier molecular flexibility index (Phi) is 6.98. The topological polar surface area (TPSA) is 72.8 Å². The van der Waals surface area contributed by atoms with Gasteiger partial charge in [-0.3, -0.25) is 15.3 Å². The number of carbonyl (C=O) groups is 1. The number of pyridine rings is 1. The number of halogens is 4. The van der Waals surface area contributed by atoms with Crippen LogP contribution < -0.4 is 5.48 Å². The van der Waals surface area contributed by atoms with E-state index in [-0.39, 0.29) is 23.0 Å². The van der Waals surface area contributed by atoms with Gasteiger partial charge in [0.25, 0.3) is 0 Å². The zero-order valence-electron chi connectivity index (χ0n) is 12.1. The first-order valence-electron chi connectivity index (χ1n) is 6.22. The van der Waals surface area contributed by atoms with Crippen molar-refractivity contribution in [1.29, 1.82) is 0 Å². The second-order valence-electron chi connectivity index (χ2n) is 3.92. The van der Waals surface area contributed by atoms with Gasteiger partial charge in [-0.2, -0.15) is 13.2 Å². The second kappa shape index (κ2) is 8.49. The number of ether oxygens (including phenoxy) is 1. The Bertz CT molecular complexity index is 618. The Morgan fingerprint density at radius 1 is 1.52 bits per heavy atom. The van der Waals surface area contributed by atoms with Gasteiger partial charge < -0.3 is 4.74 Å². The van der Waals surface area contributed by atoms with Gasteiger partial charge in [-0.05, 0) is 19.1 Å². The lowest BCUT2D eigenvalue weighted by atomic mass is 10.2. The first-order chi connectivity index (χ1) is 10.8. The third kappa shape index (κ3) is 5.87. The molecule has 0 aliphatic carbocycles. The van der Waals surface area contributed by atoms with E-state index in [1.165, 1.54) is 7.11 Å². The number of esters is 1. The first kappa shape index (κ1) is 18.9. The number of aliphatic imine (C=N–C) groups is 1. The molecule has 6 nitrogen and oxygen atoms in total. The molecule has 23 heavy (non-hydrogen) atoms. The van der Waals surface area contributed by atoms with E-state index in [4.69, 9.17) is 16.3 Å². The van der Waals surface area contributed by atoms with E-state index in [0.717, 1.165) is 12.4 Å². The average molecular weight is 352 g/mol. The molecule has 1 heterocycles. The Morgan fingerprint density at radius 2 is 2.22 bits per heavy atom. The normalized spacial score (nSPS) is 12.5. The highest BCUT2D eigenvalue weighted by Gasteiger charge is 2.31. The number of rotatable bonds is 6. The van der Waals surface area contributed by atoms with Crippen molar-refractivity contribution in [3.05, 3.63) is 34.2 Å². The predicted octanol–water partition coefficient (Wildman–Crippen LogP) is 2.84. The summed E-state index contributed by atoms with van der Waals surface area (Å²) in [5.74, 6) is -0.792. The van der Waals surface area contributed by atoms with Gasteiger partial charge in [0.2, 0.25) is 0 Å². The molecule has 0 saturated carbocycles. The highest BCUT2D eigenvalue weighted by Crippen LogP contribution is 2.31. The van der Waals surface area contributed by atoms with Gasteiger partial charge >= 0.3 is 12.1 Å². The molecule has 1 rings (SSSR count). The molecule has 0 aromatic carbocycles. The minimum Gasteiger partial charge on any atom is -0.461 e. The van der Waals surface area contributed by atoms with Crippen molar-refractivity contribution in [1.82, 2.24) is 10.5 Å². The summed E-state index contributed by atoms with van der Waals surface area (Å²) in [4.78, 5) is 23.6. The molecule has 0 bridgehead atoms. The van der Waals surface area contributed by atoms with Crippen LogP contribution >= 0.6 is 11.6 Å². The molecule has 1 N–H and O–H groups in total. The van der Waals surface area contributed by atoms with Crippen LogP contribution in [0.1, 0.15) is 18.2 Å². The molecule has 0 unspecified atom stereocenters. The quantitative estimate of drug-likeness (QED) is 0.280. The second-order valence-corrected chi connectivity index (χ2v) is 4.33. The van der Waals surface area contributed by atoms with Crippen LogP contribution in [0.15, 0.2) is 23.0 Å². The summed E-state index contributed by atoms with van der Waals surface area (Å²) in [5, 5.41) is -0.281. The van der Waals surface area contributed by atoms with Crippen LogP contribution in [0.25, 0.3) is 6.08 Å². The van der Waals surface area contributed by atoms with Crippen LogP contribution in [0.2, 0.25) is 5.02 Å². The van der Waals surface area contributed by atoms with Crippen molar-refractivity contribution >= 4 is 30.0 Å². The van der Waals surface area contributed by atoms with E-state index < -0.39 is 17.7 Å². The fraction of sp³-hybridized carbons (Fsp3) is 0.308. The van der Waals surface area contributed by atoms with Gasteiger partial charge in [0, 0.05) is 6.20 Å². The van der Waals surface area contributed by atoms with Crippen molar-refractivity contribution in [2.75, 3.05) is 13.7 Å². The van der Waals surface area contributed by atoms with E-state index in [9.17, 15) is 18.0 Å². The summed E-state index contributed by atoms with van der Waals surface area (Å²) in [5.41, 5.74) is 0.989. The lowest BCUT2D eigenvalue weighted by Gasteiger charge is -2.08. The molecule has 0 spiro atoms. The summed E-state index contributed by atoms with van der Waals surface area (Å²) in [6, 6.07) is 0.709. The molecule has 1 aromatic heterocycles. The van der Waals surface area contributed by atoms with Gasteiger partial charge in [0.05, 0.1) is 30.0 Å². The van der Waals surface area contributed by atoms with Crippen LogP contribution in [-0.4, -0.2) is 31.0 Å². The molecule has 0 amide bonds. The van der Waals surface area contributed by atoms with E-state index >= 15 is 0 Å². The zero-order valence-corrected chi connectivity index (χ0v) is 12.9. The largest absolute Gasteiger partial charge is 0.461 e. The first-order valence-corrected chi connectivity index (χ1v) is 6.60. The number of hydrogen-bond donors (Lipinski definition) is 1. The third-order valence-electron chi connectivity index (χ3n) is 2.33. The Balaban J connectivity index is 3.17. The Morgan fingerprint density at radius 3 is 2.74 bits per heavy atom. The summed E-state index contributed by atoms with van der Waals surface area (Å²) < 4.78 is 42.5. The standard InChI is InChI=1S/C13H13ClF3N3O3/c1-3-23-12(21)11(19-7-20-22-2)5-10-9(14)4-8(6-18-10)13(15,16)17/h4-7H,3H2,1-2H3,(H,19,20). The molecule has 0 aliphatic rings. The van der Waals surface area contributed by atoms with Crippen molar-refractivity contribution < 1.29 is 27.5 Å². The molecule has 0 saturated heterocycles. The SMILES string of the molecule is CCOC(=O)C(=Cc1ncc(C(F)(F)F)cc1Cl)N=CNOC. The summed E-state index contributed by atoms with van der Waals surface area (Å²) in [6.45, 7) is 1.69. The van der Waals surface area contributed by atoms with Crippen molar-refractivity contribution in [3.8, 4) is 0 Å². The Labute approximate surface area is 134 Å². The number of nitrogens with one attached hydrogen (secondary N) is 1. The fourth-order valence-corrected chi connectivity index (χ4v) is 1.56. The number of carbonyl (C=O) groups excluding carboxylic acids is 1. The van der Waals surface area contributed by atoms with Crippen LogP contribution in [0.4, 0.5) is 13.2 Å². The van der Waals surface area contributed by atoms with E-state index in [1.54, 1.807) is 6.92 Å². The van der Waals surface area contributed by atoms with Crippen molar-refractivity contribution in [3.63, 3.8) is 0 Å². The zero-order chi connectivity index (χ0) is 17.5. The summed E-state index contributed by atoms with van der Waals surface area (Å²) >= 11 is 5.77. The molecule has 0 atom stereocenters. The van der Waals surface area contributed by atoms with Gasteiger partial charge in [0.15, 0.2) is 5.70 Å². The number of aromatic nitrogens is 1.